The van der Waals surface area contributed by atoms with Gasteiger partial charge < -0.3 is 25.7 Å². The summed E-state index contributed by atoms with van der Waals surface area (Å²) >= 11 is 0. The van der Waals surface area contributed by atoms with Gasteiger partial charge in [0, 0.05) is 5.56 Å². The van der Waals surface area contributed by atoms with Gasteiger partial charge in [0.15, 0.2) is 11.5 Å². The van der Waals surface area contributed by atoms with Crippen LogP contribution in [0, 0.1) is 11.3 Å². The molecule has 3 aromatic rings. The van der Waals surface area contributed by atoms with Gasteiger partial charge in [-0.3, -0.25) is 0 Å². The lowest BCUT2D eigenvalue weighted by atomic mass is 10.1. The first-order chi connectivity index (χ1) is 13.5. The maximum absolute atomic E-state index is 9.40. The number of hydrogen-bond acceptors (Lipinski definition) is 8. The molecule has 142 valence electrons. The van der Waals surface area contributed by atoms with Crippen LogP contribution in [0.3, 0.4) is 0 Å². The van der Waals surface area contributed by atoms with Crippen LogP contribution in [0.25, 0.3) is 11.3 Å². The van der Waals surface area contributed by atoms with Crippen LogP contribution < -0.4 is 25.7 Å². The molecule has 0 radical (unpaired) electrons. The van der Waals surface area contributed by atoms with E-state index >= 15 is 0 Å². The van der Waals surface area contributed by atoms with Crippen LogP contribution in [-0.2, 0) is 6.61 Å². The molecule has 0 aliphatic rings. The van der Waals surface area contributed by atoms with E-state index in [-0.39, 0.29) is 17.3 Å². The topological polar surface area (TPSA) is 129 Å². The van der Waals surface area contributed by atoms with Crippen LogP contribution in [-0.4, -0.2) is 24.2 Å². The molecule has 0 spiro atoms. The molecule has 8 nitrogen and oxygen atoms in total. The summed E-state index contributed by atoms with van der Waals surface area (Å²) < 4.78 is 16.5. The van der Waals surface area contributed by atoms with Gasteiger partial charge in [0.1, 0.15) is 29.8 Å². The summed E-state index contributed by atoms with van der Waals surface area (Å²) in [4.78, 5) is 8.00. The Morgan fingerprint density at radius 1 is 1.00 bits per heavy atom. The molecule has 4 N–H and O–H groups in total. The lowest BCUT2D eigenvalue weighted by Gasteiger charge is -2.13. The van der Waals surface area contributed by atoms with E-state index in [1.807, 2.05) is 30.3 Å². The Balaban J connectivity index is 1.96. The molecule has 0 aliphatic carbocycles. The first-order valence-corrected chi connectivity index (χ1v) is 8.33. The second-order valence-electron chi connectivity index (χ2n) is 5.81. The third-order valence-corrected chi connectivity index (χ3v) is 4.03. The van der Waals surface area contributed by atoms with Crippen LogP contribution in [0.5, 0.6) is 17.2 Å². The maximum Gasteiger partial charge on any atom is 0.222 e. The molecule has 8 heteroatoms. The minimum Gasteiger partial charge on any atom is -0.497 e. The van der Waals surface area contributed by atoms with Crippen molar-refractivity contribution in [2.45, 2.75) is 6.61 Å². The van der Waals surface area contributed by atoms with Crippen LogP contribution in [0.1, 0.15) is 11.1 Å². The van der Waals surface area contributed by atoms with Crippen molar-refractivity contribution >= 4 is 11.8 Å². The summed E-state index contributed by atoms with van der Waals surface area (Å²) in [6, 6.07) is 14.8. The van der Waals surface area contributed by atoms with Gasteiger partial charge in [0.2, 0.25) is 5.95 Å². The van der Waals surface area contributed by atoms with E-state index < -0.39 is 0 Å². The van der Waals surface area contributed by atoms with Crippen molar-refractivity contribution < 1.29 is 14.2 Å². The molecular formula is C20H19N5O3. The van der Waals surface area contributed by atoms with Crippen molar-refractivity contribution in [2.75, 3.05) is 25.7 Å². The van der Waals surface area contributed by atoms with E-state index in [0.29, 0.717) is 29.4 Å². The summed E-state index contributed by atoms with van der Waals surface area (Å²) in [6.07, 6.45) is 0. The molecule has 3 rings (SSSR count). The summed E-state index contributed by atoms with van der Waals surface area (Å²) in [7, 11) is 3.16. The number of rotatable bonds is 6. The molecule has 28 heavy (non-hydrogen) atoms. The van der Waals surface area contributed by atoms with E-state index in [4.69, 9.17) is 25.7 Å². The van der Waals surface area contributed by atoms with Crippen molar-refractivity contribution in [2.24, 2.45) is 0 Å². The summed E-state index contributed by atoms with van der Waals surface area (Å²) in [5.41, 5.74) is 13.5. The summed E-state index contributed by atoms with van der Waals surface area (Å²) in [6.45, 7) is 0.302. The number of methoxy groups -OCH3 is 2. The number of benzene rings is 2. The second-order valence-corrected chi connectivity index (χ2v) is 5.81. The van der Waals surface area contributed by atoms with Crippen molar-refractivity contribution in [3.63, 3.8) is 0 Å². The van der Waals surface area contributed by atoms with E-state index in [2.05, 4.69) is 9.97 Å². The number of nitrogen functional groups attached to an aromatic ring is 2. The van der Waals surface area contributed by atoms with Gasteiger partial charge in [0.05, 0.1) is 19.9 Å². The molecule has 0 bridgehead atoms. The highest BCUT2D eigenvalue weighted by Gasteiger charge is 2.16. The SMILES string of the molecule is COc1cccc(COc2cc(-c3nc(N)nc(N)c3C#N)ccc2OC)c1. The van der Waals surface area contributed by atoms with Crippen LogP contribution in [0.2, 0.25) is 0 Å². The molecule has 1 heterocycles. The molecule has 0 fully saturated rings. The zero-order valence-corrected chi connectivity index (χ0v) is 15.5. The Morgan fingerprint density at radius 2 is 1.82 bits per heavy atom. The summed E-state index contributed by atoms with van der Waals surface area (Å²) in [5.74, 6) is 1.79. The fourth-order valence-corrected chi connectivity index (χ4v) is 2.68. The molecule has 0 saturated carbocycles. The first kappa shape index (κ1) is 18.8. The van der Waals surface area contributed by atoms with Gasteiger partial charge in [-0.15, -0.1) is 0 Å². The summed E-state index contributed by atoms with van der Waals surface area (Å²) in [5, 5.41) is 9.40. The van der Waals surface area contributed by atoms with Crippen molar-refractivity contribution in [1.82, 2.24) is 9.97 Å². The average Bonchev–Trinajstić information content (AvgIpc) is 2.71. The number of nitrogens with zero attached hydrogens (tertiary/aromatic N) is 3. The monoisotopic (exact) mass is 377 g/mol. The number of nitrogens with two attached hydrogens (primary N) is 2. The lowest BCUT2D eigenvalue weighted by Crippen LogP contribution is -2.05. The number of ether oxygens (including phenoxy) is 3. The molecule has 0 unspecified atom stereocenters. The Kier molecular flexibility index (Phi) is 5.46. The van der Waals surface area contributed by atoms with Gasteiger partial charge in [0.25, 0.3) is 0 Å². The zero-order chi connectivity index (χ0) is 20.1. The molecular weight excluding hydrogens is 358 g/mol. The Morgan fingerprint density at radius 3 is 2.54 bits per heavy atom. The molecule has 1 aromatic heterocycles. The number of aromatic nitrogens is 2. The Hall–Kier alpha value is -3.99. The maximum atomic E-state index is 9.40. The predicted octanol–water partition coefficient (Wildman–Crippen LogP) is 2.78. The largest absolute Gasteiger partial charge is 0.497 e. The lowest BCUT2D eigenvalue weighted by molar-refractivity contribution is 0.284. The van der Waals surface area contributed by atoms with E-state index in [1.165, 1.54) is 0 Å². The minimum absolute atomic E-state index is 0.0128. The normalized spacial score (nSPS) is 10.2. The third kappa shape index (κ3) is 3.88. The fourth-order valence-electron chi connectivity index (χ4n) is 2.68. The van der Waals surface area contributed by atoms with Crippen molar-refractivity contribution in [3.8, 4) is 34.6 Å². The van der Waals surface area contributed by atoms with Gasteiger partial charge in [-0.1, -0.05) is 12.1 Å². The molecule has 0 atom stereocenters. The minimum atomic E-state index is -0.0128. The number of anilines is 2. The standard InChI is InChI=1S/C20H19N5O3/c1-26-14-5-3-4-12(8-14)11-28-17-9-13(6-7-16(17)27-2)18-15(10-21)19(22)25-20(23)24-18/h3-9H,11H2,1-2H3,(H4,22,23,24,25). The second kappa shape index (κ2) is 8.14. The highest BCUT2D eigenvalue weighted by Crippen LogP contribution is 2.34. The Bertz CT molecular complexity index is 1050. The van der Waals surface area contributed by atoms with Crippen molar-refractivity contribution in [1.29, 1.82) is 5.26 Å². The number of hydrogen-bond donors (Lipinski definition) is 2. The van der Waals surface area contributed by atoms with Crippen molar-refractivity contribution in [3.05, 3.63) is 53.6 Å². The van der Waals surface area contributed by atoms with Gasteiger partial charge in [-0.25, -0.2) is 4.98 Å². The first-order valence-electron chi connectivity index (χ1n) is 8.33. The smallest absolute Gasteiger partial charge is 0.222 e. The van der Waals surface area contributed by atoms with Gasteiger partial charge in [-0.2, -0.15) is 10.2 Å². The molecule has 2 aromatic carbocycles. The van der Waals surface area contributed by atoms with Crippen LogP contribution in [0.15, 0.2) is 42.5 Å². The average molecular weight is 377 g/mol. The molecule has 0 saturated heterocycles. The zero-order valence-electron chi connectivity index (χ0n) is 15.5. The third-order valence-electron chi connectivity index (χ3n) is 4.03. The Labute approximate surface area is 162 Å². The molecule has 0 aliphatic heterocycles. The van der Waals surface area contributed by atoms with E-state index in [0.717, 1.165) is 11.3 Å². The van der Waals surface area contributed by atoms with Gasteiger partial charge >= 0.3 is 0 Å². The molecule has 0 amide bonds. The quantitative estimate of drug-likeness (QED) is 0.671. The van der Waals surface area contributed by atoms with E-state index in [9.17, 15) is 5.26 Å². The van der Waals surface area contributed by atoms with Crippen LogP contribution >= 0.6 is 0 Å². The fraction of sp³-hybridized carbons (Fsp3) is 0.150. The van der Waals surface area contributed by atoms with Crippen LogP contribution in [0.4, 0.5) is 11.8 Å². The number of nitriles is 1. The van der Waals surface area contributed by atoms with E-state index in [1.54, 1.807) is 32.4 Å². The predicted molar refractivity (Wildman–Crippen MR) is 105 cm³/mol. The highest BCUT2D eigenvalue weighted by molar-refractivity contribution is 5.74. The van der Waals surface area contributed by atoms with Gasteiger partial charge in [-0.05, 0) is 35.9 Å². The highest BCUT2D eigenvalue weighted by atomic mass is 16.5.